The Labute approximate surface area is 138 Å². The Morgan fingerprint density at radius 1 is 1.13 bits per heavy atom. The van der Waals surface area contributed by atoms with Crippen molar-refractivity contribution in [2.24, 2.45) is 41.4 Å². The van der Waals surface area contributed by atoms with Crippen LogP contribution in [0.3, 0.4) is 0 Å². The molecule has 0 unspecified atom stereocenters. The summed E-state index contributed by atoms with van der Waals surface area (Å²) in [5, 5.41) is 0. The van der Waals surface area contributed by atoms with E-state index in [0.717, 1.165) is 12.8 Å². The fourth-order valence-corrected chi connectivity index (χ4v) is 5.66. The monoisotopic (exact) mass is 320 g/mol. The first-order chi connectivity index (χ1) is 11.0. The molecule has 23 heavy (non-hydrogen) atoms. The van der Waals surface area contributed by atoms with Crippen molar-refractivity contribution in [3.63, 3.8) is 0 Å². The van der Waals surface area contributed by atoms with E-state index in [1.54, 1.807) is 0 Å². The Morgan fingerprint density at radius 2 is 1.91 bits per heavy atom. The zero-order valence-electron chi connectivity index (χ0n) is 14.4. The molecule has 4 aliphatic rings. The summed E-state index contributed by atoms with van der Waals surface area (Å²) in [6, 6.07) is 0. The van der Waals surface area contributed by atoms with Crippen LogP contribution in [0, 0.1) is 41.4 Å². The number of fused-ring (bicyclic) bond motifs is 4. The molecule has 0 aromatic rings. The van der Waals surface area contributed by atoms with Gasteiger partial charge in [-0.25, -0.2) is 0 Å². The maximum atomic E-state index is 12.2. The van der Waals surface area contributed by atoms with Gasteiger partial charge < -0.3 is 9.47 Å². The van der Waals surface area contributed by atoms with Gasteiger partial charge in [-0.05, 0) is 42.9 Å². The zero-order valence-corrected chi connectivity index (χ0v) is 14.4. The number of cyclic esters (lactones) is 1. The van der Waals surface area contributed by atoms with Gasteiger partial charge in [0.15, 0.2) is 0 Å². The standard InChI is InChI=1S/C19H28O4/c1-9(2)11-5-4-10(3)8-14(11)22-19-17-15-12(6-7-13(15)20)16(17)18(21)23-19/h9-12,14-17,19H,4-8H2,1-3H3/t10-,11+,12+,14-,15+,16-,17+,19-/m1/s1. The van der Waals surface area contributed by atoms with Crippen molar-refractivity contribution in [2.45, 2.75) is 65.3 Å². The maximum Gasteiger partial charge on any atom is 0.312 e. The molecule has 128 valence electrons. The van der Waals surface area contributed by atoms with Crippen LogP contribution in [0.4, 0.5) is 0 Å². The summed E-state index contributed by atoms with van der Waals surface area (Å²) in [5.74, 6) is 2.13. The summed E-state index contributed by atoms with van der Waals surface area (Å²) in [7, 11) is 0. The summed E-state index contributed by atoms with van der Waals surface area (Å²) in [5.41, 5.74) is 0. The number of carbonyl (C=O) groups is 2. The molecule has 8 atom stereocenters. The molecule has 4 heteroatoms. The predicted octanol–water partition coefficient (Wildman–Crippen LogP) is 3.19. The van der Waals surface area contributed by atoms with E-state index in [-0.39, 0.29) is 35.7 Å². The normalized spacial score (nSPS) is 48.9. The number of carbonyl (C=O) groups excluding carboxylic acids is 2. The van der Waals surface area contributed by atoms with E-state index < -0.39 is 6.29 Å². The number of hydrogen-bond donors (Lipinski definition) is 0. The van der Waals surface area contributed by atoms with Crippen LogP contribution in [-0.4, -0.2) is 24.1 Å². The first-order valence-electron chi connectivity index (χ1n) is 9.36. The van der Waals surface area contributed by atoms with Crippen LogP contribution in [0.25, 0.3) is 0 Å². The van der Waals surface area contributed by atoms with Crippen molar-refractivity contribution in [2.75, 3.05) is 0 Å². The van der Waals surface area contributed by atoms with E-state index in [0.29, 0.717) is 30.0 Å². The highest BCUT2D eigenvalue weighted by molar-refractivity contribution is 5.90. The summed E-state index contributed by atoms with van der Waals surface area (Å²) >= 11 is 0. The number of hydrogen-bond acceptors (Lipinski definition) is 4. The molecule has 0 spiro atoms. The van der Waals surface area contributed by atoms with Gasteiger partial charge in [0.25, 0.3) is 0 Å². The van der Waals surface area contributed by atoms with Gasteiger partial charge in [-0.15, -0.1) is 0 Å². The predicted molar refractivity (Wildman–Crippen MR) is 84.3 cm³/mol. The highest BCUT2D eigenvalue weighted by atomic mass is 16.7. The second-order valence-corrected chi connectivity index (χ2v) is 8.60. The summed E-state index contributed by atoms with van der Waals surface area (Å²) in [6.45, 7) is 6.77. The lowest BCUT2D eigenvalue weighted by Crippen LogP contribution is -2.51. The van der Waals surface area contributed by atoms with Crippen molar-refractivity contribution in [1.29, 1.82) is 0 Å². The zero-order chi connectivity index (χ0) is 16.3. The molecule has 0 aromatic carbocycles. The Morgan fingerprint density at radius 3 is 2.65 bits per heavy atom. The molecule has 0 amide bonds. The smallest absolute Gasteiger partial charge is 0.312 e. The van der Waals surface area contributed by atoms with Crippen LogP contribution in [0.2, 0.25) is 0 Å². The van der Waals surface area contributed by atoms with Crippen molar-refractivity contribution in [3.8, 4) is 0 Å². The van der Waals surface area contributed by atoms with Gasteiger partial charge in [0, 0.05) is 18.3 Å². The molecule has 1 heterocycles. The molecule has 0 N–H and O–H groups in total. The largest absolute Gasteiger partial charge is 0.435 e. The minimum absolute atomic E-state index is 0.00690. The second-order valence-electron chi connectivity index (χ2n) is 8.60. The average Bonchev–Trinajstić information content (AvgIpc) is 2.87. The van der Waals surface area contributed by atoms with Gasteiger partial charge >= 0.3 is 5.97 Å². The third-order valence-electron chi connectivity index (χ3n) is 6.94. The van der Waals surface area contributed by atoms with Crippen molar-refractivity contribution in [1.82, 2.24) is 0 Å². The molecule has 4 nitrogen and oxygen atoms in total. The first kappa shape index (κ1) is 15.6. The van der Waals surface area contributed by atoms with Crippen LogP contribution in [0.5, 0.6) is 0 Å². The summed E-state index contributed by atoms with van der Waals surface area (Å²) in [6.07, 6.45) is 4.65. The molecular weight excluding hydrogens is 292 g/mol. The lowest BCUT2D eigenvalue weighted by atomic mass is 9.58. The number of rotatable bonds is 3. The Bertz CT molecular complexity index is 507. The van der Waals surface area contributed by atoms with E-state index in [1.807, 2.05) is 0 Å². The fourth-order valence-electron chi connectivity index (χ4n) is 5.66. The fraction of sp³-hybridized carbons (Fsp3) is 0.895. The number of esters is 1. The molecule has 4 rings (SSSR count). The van der Waals surface area contributed by atoms with E-state index in [2.05, 4.69) is 20.8 Å². The van der Waals surface area contributed by atoms with E-state index in [1.165, 1.54) is 12.8 Å². The van der Waals surface area contributed by atoms with Crippen LogP contribution in [0.15, 0.2) is 0 Å². The van der Waals surface area contributed by atoms with Crippen molar-refractivity contribution >= 4 is 11.8 Å². The topological polar surface area (TPSA) is 52.6 Å². The molecule has 1 aliphatic heterocycles. The minimum Gasteiger partial charge on any atom is -0.435 e. The molecular formula is C19H28O4. The van der Waals surface area contributed by atoms with Gasteiger partial charge in [-0.3, -0.25) is 9.59 Å². The number of Topliss-reactive ketones (excluding diaryl/α,β-unsaturated/α-hetero) is 1. The van der Waals surface area contributed by atoms with Gasteiger partial charge in [-0.2, -0.15) is 0 Å². The first-order valence-corrected chi connectivity index (χ1v) is 9.36. The SMILES string of the molecule is CC(C)[C@@H]1CC[C@@H](C)C[C@H]1O[C@@H]1OC(=O)[C@@H]2[C@H]3CCC(=O)[C@H]3[C@H]12. The number of ether oxygens (including phenoxy) is 2. The molecule has 0 radical (unpaired) electrons. The van der Waals surface area contributed by atoms with E-state index >= 15 is 0 Å². The van der Waals surface area contributed by atoms with Gasteiger partial charge in [0.1, 0.15) is 5.78 Å². The van der Waals surface area contributed by atoms with E-state index in [4.69, 9.17) is 9.47 Å². The molecule has 0 bridgehead atoms. The molecule has 3 saturated carbocycles. The van der Waals surface area contributed by atoms with Crippen LogP contribution in [0.1, 0.15) is 52.9 Å². The summed E-state index contributed by atoms with van der Waals surface area (Å²) in [4.78, 5) is 24.3. The molecule has 1 saturated heterocycles. The van der Waals surface area contributed by atoms with Crippen LogP contribution >= 0.6 is 0 Å². The summed E-state index contributed by atoms with van der Waals surface area (Å²) < 4.78 is 11.9. The lowest BCUT2D eigenvalue weighted by Gasteiger charge is -2.44. The third kappa shape index (κ3) is 2.36. The van der Waals surface area contributed by atoms with Crippen LogP contribution < -0.4 is 0 Å². The minimum atomic E-state index is -0.479. The Hall–Kier alpha value is -0.900. The number of ketones is 1. The van der Waals surface area contributed by atoms with Crippen molar-refractivity contribution < 1.29 is 19.1 Å². The highest BCUT2D eigenvalue weighted by Gasteiger charge is 2.67. The second kappa shape index (κ2) is 5.58. The highest BCUT2D eigenvalue weighted by Crippen LogP contribution is 2.59. The molecule has 4 fully saturated rings. The third-order valence-corrected chi connectivity index (χ3v) is 6.94. The van der Waals surface area contributed by atoms with Gasteiger partial charge in [-0.1, -0.05) is 27.2 Å². The van der Waals surface area contributed by atoms with Gasteiger partial charge in [0.2, 0.25) is 6.29 Å². The molecule has 0 aromatic heterocycles. The van der Waals surface area contributed by atoms with Gasteiger partial charge in [0.05, 0.1) is 12.0 Å². The Balaban J connectivity index is 1.49. The average molecular weight is 320 g/mol. The Kier molecular flexibility index (Phi) is 3.79. The van der Waals surface area contributed by atoms with Crippen LogP contribution in [-0.2, 0) is 19.1 Å². The lowest BCUT2D eigenvalue weighted by molar-refractivity contribution is -0.206. The maximum absolute atomic E-state index is 12.2. The quantitative estimate of drug-likeness (QED) is 0.749. The molecule has 3 aliphatic carbocycles. The van der Waals surface area contributed by atoms with E-state index in [9.17, 15) is 9.59 Å². The van der Waals surface area contributed by atoms with Crippen molar-refractivity contribution in [3.05, 3.63) is 0 Å².